The first-order valence-corrected chi connectivity index (χ1v) is 6.53. The molecule has 0 radical (unpaired) electrons. The molecule has 0 amide bonds. The van der Waals surface area contributed by atoms with Crippen LogP contribution < -0.4 is 0 Å². The number of rotatable bonds is 0. The Morgan fingerprint density at radius 1 is 1.17 bits per heavy atom. The molecule has 0 spiro atoms. The van der Waals surface area contributed by atoms with Gasteiger partial charge < -0.3 is 4.98 Å². The van der Waals surface area contributed by atoms with Crippen LogP contribution in [-0.4, -0.2) is 15.2 Å². The monoisotopic (exact) mass is 257 g/mol. The number of hydrogen-bond donors (Lipinski definition) is 2. The average Bonchev–Trinajstić information content (AvgIpc) is 2.91. The van der Waals surface area contributed by atoms with E-state index in [1.165, 1.54) is 22.2 Å². The van der Waals surface area contributed by atoms with E-state index in [1.54, 1.807) is 0 Å². The van der Waals surface area contributed by atoms with E-state index in [0.29, 0.717) is 0 Å². The van der Waals surface area contributed by atoms with Gasteiger partial charge in [-0.2, -0.15) is 5.10 Å². The zero-order valence-corrected chi connectivity index (χ0v) is 10.5. The Morgan fingerprint density at radius 3 is 3.06 bits per heavy atom. The second-order valence-electron chi connectivity index (χ2n) is 4.79. The summed E-state index contributed by atoms with van der Waals surface area (Å²) in [6.07, 6.45) is 5.25. The molecule has 0 fully saturated rings. The van der Waals surface area contributed by atoms with E-state index in [1.807, 2.05) is 24.4 Å². The summed E-state index contributed by atoms with van der Waals surface area (Å²) in [6.45, 7) is 0. The maximum Gasteiger partial charge on any atom is 0.0847 e. The van der Waals surface area contributed by atoms with Crippen molar-refractivity contribution in [3.63, 3.8) is 0 Å². The van der Waals surface area contributed by atoms with Crippen LogP contribution in [0, 0.1) is 0 Å². The highest BCUT2D eigenvalue weighted by Gasteiger charge is 2.20. The van der Waals surface area contributed by atoms with Gasteiger partial charge in [0, 0.05) is 15.9 Å². The Bertz CT molecular complexity index is 739. The summed E-state index contributed by atoms with van der Waals surface area (Å²) in [4.78, 5) is 3.50. The molecule has 2 aromatic heterocycles. The van der Waals surface area contributed by atoms with E-state index in [2.05, 4.69) is 15.2 Å². The number of aromatic amines is 2. The second kappa shape index (κ2) is 3.62. The Balaban J connectivity index is 2.08. The quantitative estimate of drug-likeness (QED) is 0.634. The Labute approximate surface area is 109 Å². The molecule has 0 bridgehead atoms. The maximum absolute atomic E-state index is 6.10. The van der Waals surface area contributed by atoms with Crippen molar-refractivity contribution in [2.24, 2.45) is 0 Å². The number of benzene rings is 1. The van der Waals surface area contributed by atoms with Gasteiger partial charge in [-0.05, 0) is 48.6 Å². The van der Waals surface area contributed by atoms with E-state index < -0.39 is 0 Å². The first kappa shape index (κ1) is 10.2. The first-order chi connectivity index (χ1) is 8.83. The molecule has 1 aromatic carbocycles. The summed E-state index contributed by atoms with van der Waals surface area (Å²) in [5.41, 5.74) is 6.11. The van der Waals surface area contributed by atoms with E-state index in [0.717, 1.165) is 35.5 Å². The van der Waals surface area contributed by atoms with Crippen LogP contribution in [0.15, 0.2) is 24.4 Å². The topological polar surface area (TPSA) is 44.5 Å². The van der Waals surface area contributed by atoms with Crippen LogP contribution >= 0.6 is 11.6 Å². The second-order valence-corrected chi connectivity index (χ2v) is 5.23. The molecule has 1 aliphatic carbocycles. The van der Waals surface area contributed by atoms with Crippen molar-refractivity contribution in [3.8, 4) is 11.4 Å². The van der Waals surface area contributed by atoms with Gasteiger partial charge in [-0.25, -0.2) is 0 Å². The van der Waals surface area contributed by atoms with E-state index in [4.69, 9.17) is 11.6 Å². The van der Waals surface area contributed by atoms with Crippen LogP contribution in [0.4, 0.5) is 0 Å². The minimum atomic E-state index is 0.790. The maximum atomic E-state index is 6.10. The van der Waals surface area contributed by atoms with Gasteiger partial charge in [-0.3, -0.25) is 5.10 Å². The van der Waals surface area contributed by atoms with Gasteiger partial charge in [-0.15, -0.1) is 0 Å². The Hall–Kier alpha value is -1.74. The minimum absolute atomic E-state index is 0.790. The van der Waals surface area contributed by atoms with Crippen molar-refractivity contribution in [3.05, 3.63) is 40.5 Å². The smallest absolute Gasteiger partial charge is 0.0847 e. The summed E-state index contributed by atoms with van der Waals surface area (Å²) in [5, 5.41) is 9.30. The summed E-state index contributed by atoms with van der Waals surface area (Å²) in [6, 6.07) is 6.02. The lowest BCUT2D eigenvalue weighted by atomic mass is 10.1. The van der Waals surface area contributed by atoms with E-state index in [9.17, 15) is 0 Å². The molecule has 4 heteroatoms. The van der Waals surface area contributed by atoms with Gasteiger partial charge in [0.1, 0.15) is 0 Å². The summed E-state index contributed by atoms with van der Waals surface area (Å²) in [5.74, 6) is 0. The van der Waals surface area contributed by atoms with Crippen LogP contribution in [-0.2, 0) is 12.8 Å². The first-order valence-electron chi connectivity index (χ1n) is 6.15. The van der Waals surface area contributed by atoms with Crippen molar-refractivity contribution >= 4 is 22.5 Å². The molecule has 0 aliphatic heterocycles. The molecular weight excluding hydrogens is 246 g/mol. The Kier molecular flexibility index (Phi) is 2.06. The number of aryl methyl sites for hydroxylation is 2. The van der Waals surface area contributed by atoms with Crippen molar-refractivity contribution < 1.29 is 0 Å². The highest BCUT2D eigenvalue weighted by atomic mass is 35.5. The lowest BCUT2D eigenvalue weighted by molar-refractivity contribution is 0.838. The van der Waals surface area contributed by atoms with Crippen LogP contribution in [0.25, 0.3) is 22.3 Å². The van der Waals surface area contributed by atoms with Gasteiger partial charge in [0.15, 0.2) is 0 Å². The highest BCUT2D eigenvalue weighted by Crippen LogP contribution is 2.36. The predicted molar refractivity (Wildman–Crippen MR) is 72.9 cm³/mol. The van der Waals surface area contributed by atoms with Crippen molar-refractivity contribution in [2.45, 2.75) is 19.3 Å². The zero-order valence-electron chi connectivity index (χ0n) is 9.76. The number of hydrogen-bond acceptors (Lipinski definition) is 1. The fourth-order valence-electron chi connectivity index (χ4n) is 2.87. The van der Waals surface area contributed by atoms with Crippen molar-refractivity contribution in [2.75, 3.05) is 0 Å². The van der Waals surface area contributed by atoms with Gasteiger partial charge in [0.25, 0.3) is 0 Å². The van der Waals surface area contributed by atoms with E-state index in [-0.39, 0.29) is 0 Å². The van der Waals surface area contributed by atoms with Crippen LogP contribution in [0.2, 0.25) is 5.02 Å². The molecule has 0 atom stereocenters. The number of fused-ring (bicyclic) bond motifs is 5. The molecule has 0 saturated heterocycles. The number of aromatic nitrogens is 3. The number of nitrogens with one attached hydrogen (secondary N) is 2. The molecule has 0 saturated carbocycles. The molecule has 90 valence electrons. The summed E-state index contributed by atoms with van der Waals surface area (Å²) >= 11 is 6.10. The standard InChI is InChI=1S/C14H12ClN3/c15-9-4-5-12-11(6-9)10-3-1-2-8-7-16-18-13(8)14(10)17-12/h4-7,17H,1-3H2,(H,16,18). The predicted octanol–water partition coefficient (Wildman–Crippen LogP) is 3.70. The summed E-state index contributed by atoms with van der Waals surface area (Å²) in [7, 11) is 0. The van der Waals surface area contributed by atoms with E-state index >= 15 is 0 Å². The fourth-order valence-corrected chi connectivity index (χ4v) is 3.04. The molecular formula is C14H12ClN3. The molecule has 1 aliphatic rings. The molecule has 4 rings (SSSR count). The third kappa shape index (κ3) is 1.34. The van der Waals surface area contributed by atoms with Gasteiger partial charge in [-0.1, -0.05) is 11.6 Å². The van der Waals surface area contributed by atoms with Crippen molar-refractivity contribution in [1.82, 2.24) is 15.2 Å². The molecule has 18 heavy (non-hydrogen) atoms. The number of nitrogens with zero attached hydrogens (tertiary/aromatic N) is 1. The molecule has 2 heterocycles. The lowest BCUT2D eigenvalue weighted by Gasteiger charge is -1.98. The molecule has 0 unspecified atom stereocenters. The Morgan fingerprint density at radius 2 is 2.11 bits per heavy atom. The van der Waals surface area contributed by atoms with Crippen LogP contribution in [0.3, 0.4) is 0 Å². The normalized spacial score (nSPS) is 14.3. The number of H-pyrrole nitrogens is 2. The SMILES string of the molecule is Clc1ccc2[nH]c3c(c2c1)CCCc1cn[nH]c1-3. The molecule has 3 nitrogen and oxygen atoms in total. The van der Waals surface area contributed by atoms with Crippen molar-refractivity contribution in [1.29, 1.82) is 0 Å². The van der Waals surface area contributed by atoms with Gasteiger partial charge >= 0.3 is 0 Å². The third-order valence-corrected chi connectivity index (χ3v) is 3.94. The minimum Gasteiger partial charge on any atom is -0.353 e. The summed E-state index contributed by atoms with van der Waals surface area (Å²) < 4.78 is 0. The zero-order chi connectivity index (χ0) is 12.1. The fraction of sp³-hybridized carbons (Fsp3) is 0.214. The lowest BCUT2D eigenvalue weighted by Crippen LogP contribution is -1.85. The highest BCUT2D eigenvalue weighted by molar-refractivity contribution is 6.31. The van der Waals surface area contributed by atoms with Crippen LogP contribution in [0.5, 0.6) is 0 Å². The number of halogens is 1. The molecule has 3 aromatic rings. The largest absolute Gasteiger partial charge is 0.353 e. The average molecular weight is 258 g/mol. The van der Waals surface area contributed by atoms with Gasteiger partial charge in [0.2, 0.25) is 0 Å². The molecule has 2 N–H and O–H groups in total. The third-order valence-electron chi connectivity index (χ3n) is 3.71. The van der Waals surface area contributed by atoms with Crippen LogP contribution in [0.1, 0.15) is 17.5 Å². The van der Waals surface area contributed by atoms with Gasteiger partial charge in [0.05, 0.1) is 17.6 Å².